The maximum atomic E-state index is 12.2. The first kappa shape index (κ1) is 23.9. The molecule has 1 heterocycles. The van der Waals surface area contributed by atoms with Crippen molar-refractivity contribution in [2.45, 2.75) is 57.4 Å². The predicted octanol–water partition coefficient (Wildman–Crippen LogP) is 3.54. The fourth-order valence-corrected chi connectivity index (χ4v) is 5.10. The van der Waals surface area contributed by atoms with E-state index in [2.05, 4.69) is 32.9 Å². The van der Waals surface area contributed by atoms with Crippen LogP contribution in [0.1, 0.15) is 43.9 Å². The van der Waals surface area contributed by atoms with E-state index in [0.717, 1.165) is 54.3 Å². The number of hydrogen-bond acceptors (Lipinski definition) is 3. The van der Waals surface area contributed by atoms with Gasteiger partial charge in [-0.05, 0) is 43.9 Å². The van der Waals surface area contributed by atoms with Gasteiger partial charge in [0.2, 0.25) is 0 Å². The lowest BCUT2D eigenvalue weighted by Crippen LogP contribution is -2.46. The largest absolute Gasteiger partial charge is 0.354 e. The maximum absolute atomic E-state index is 12.2. The highest BCUT2D eigenvalue weighted by Crippen LogP contribution is 2.23. The second-order valence-corrected chi connectivity index (χ2v) is 9.26. The van der Waals surface area contributed by atoms with E-state index in [4.69, 9.17) is 0 Å². The molecule has 0 radical (unpaired) electrons. The summed E-state index contributed by atoms with van der Waals surface area (Å²) < 4.78 is 14.1. The number of rotatable bonds is 6. The standard InChI is InChI=1S/C21H31N5OS.HI/c1-4-28(27)19-10-7-9-18(14-19)24-21(22-3)23-15-17-8-5-6-11-20(17)26-13-12-16(2)25-26;/h5-6,8,11-13,18-19H,4,7,9-10,14-15H2,1-3H3,(H2,22,23,24);1H. The normalized spacial score (nSPS) is 20.6. The average molecular weight is 529 g/mol. The maximum Gasteiger partial charge on any atom is 0.191 e. The Hall–Kier alpha value is -1.42. The molecule has 1 fully saturated rings. The minimum atomic E-state index is -0.717. The van der Waals surface area contributed by atoms with Crippen LogP contribution in [0.3, 0.4) is 0 Å². The summed E-state index contributed by atoms with van der Waals surface area (Å²) in [4.78, 5) is 4.39. The van der Waals surface area contributed by atoms with Crippen LogP contribution in [0.25, 0.3) is 5.69 Å². The SMILES string of the molecule is CCS(=O)C1CCCC(NC(=NC)NCc2ccccc2-n2ccc(C)n2)C1.I. The number of aromatic nitrogens is 2. The van der Waals surface area contributed by atoms with Crippen LogP contribution < -0.4 is 10.6 Å². The molecule has 0 aliphatic heterocycles. The van der Waals surface area contributed by atoms with Gasteiger partial charge in [0.25, 0.3) is 0 Å². The molecule has 1 saturated carbocycles. The van der Waals surface area contributed by atoms with Crippen LogP contribution in [0, 0.1) is 6.92 Å². The summed E-state index contributed by atoms with van der Waals surface area (Å²) in [6, 6.07) is 10.6. The molecular formula is C21H32IN5OS. The molecular weight excluding hydrogens is 497 g/mol. The molecule has 6 nitrogen and oxygen atoms in total. The molecule has 1 aromatic carbocycles. The molecule has 160 valence electrons. The van der Waals surface area contributed by atoms with Gasteiger partial charge in [-0.2, -0.15) is 5.10 Å². The highest BCUT2D eigenvalue weighted by atomic mass is 127. The molecule has 1 aliphatic carbocycles. The molecule has 0 amide bonds. The summed E-state index contributed by atoms with van der Waals surface area (Å²) in [7, 11) is 1.08. The Balaban J connectivity index is 0.00000300. The predicted molar refractivity (Wildman–Crippen MR) is 132 cm³/mol. The van der Waals surface area contributed by atoms with Crippen molar-refractivity contribution in [1.82, 2.24) is 20.4 Å². The van der Waals surface area contributed by atoms with Crippen molar-refractivity contribution in [3.8, 4) is 5.69 Å². The van der Waals surface area contributed by atoms with Crippen molar-refractivity contribution in [3.63, 3.8) is 0 Å². The van der Waals surface area contributed by atoms with Crippen molar-refractivity contribution >= 4 is 40.7 Å². The number of benzene rings is 1. The first-order valence-electron chi connectivity index (χ1n) is 10.1. The van der Waals surface area contributed by atoms with Crippen LogP contribution in [0.4, 0.5) is 0 Å². The summed E-state index contributed by atoms with van der Waals surface area (Å²) in [5, 5.41) is 11.8. The number of aliphatic imine (C=N–C) groups is 1. The number of para-hydroxylation sites is 1. The van der Waals surface area contributed by atoms with Gasteiger partial charge in [0, 0.05) is 47.6 Å². The van der Waals surface area contributed by atoms with Gasteiger partial charge in [-0.15, -0.1) is 24.0 Å². The monoisotopic (exact) mass is 529 g/mol. The van der Waals surface area contributed by atoms with Crippen molar-refractivity contribution < 1.29 is 4.21 Å². The second-order valence-electron chi connectivity index (χ2n) is 7.26. The van der Waals surface area contributed by atoms with Crippen LogP contribution in [-0.2, 0) is 17.3 Å². The average Bonchev–Trinajstić information content (AvgIpc) is 3.17. The lowest BCUT2D eigenvalue weighted by atomic mass is 9.95. The number of nitrogens with zero attached hydrogens (tertiary/aromatic N) is 3. The van der Waals surface area contributed by atoms with Gasteiger partial charge in [0.05, 0.1) is 11.4 Å². The van der Waals surface area contributed by atoms with Gasteiger partial charge in [-0.3, -0.25) is 9.20 Å². The Morgan fingerprint density at radius 3 is 2.79 bits per heavy atom. The number of hydrogen-bond donors (Lipinski definition) is 2. The molecule has 3 unspecified atom stereocenters. The number of guanidine groups is 1. The van der Waals surface area contributed by atoms with Gasteiger partial charge >= 0.3 is 0 Å². The third-order valence-electron chi connectivity index (χ3n) is 5.25. The second kappa shape index (κ2) is 11.7. The lowest BCUT2D eigenvalue weighted by Gasteiger charge is -2.30. The van der Waals surface area contributed by atoms with Crippen LogP contribution in [0.2, 0.25) is 0 Å². The first-order chi connectivity index (χ1) is 13.6. The molecule has 2 aromatic rings. The molecule has 8 heteroatoms. The quantitative estimate of drug-likeness (QED) is 0.341. The van der Waals surface area contributed by atoms with Gasteiger partial charge in [0.1, 0.15) is 0 Å². The van der Waals surface area contributed by atoms with E-state index in [1.54, 1.807) is 7.05 Å². The number of halogens is 1. The van der Waals surface area contributed by atoms with Crippen molar-refractivity contribution in [2.24, 2.45) is 4.99 Å². The summed E-state index contributed by atoms with van der Waals surface area (Å²) in [6.07, 6.45) is 6.22. The Kier molecular flexibility index (Phi) is 9.61. The smallest absolute Gasteiger partial charge is 0.191 e. The third-order valence-corrected chi connectivity index (χ3v) is 6.99. The lowest BCUT2D eigenvalue weighted by molar-refractivity contribution is 0.413. The molecule has 2 N–H and O–H groups in total. The van der Waals surface area contributed by atoms with E-state index in [0.29, 0.717) is 17.8 Å². The Morgan fingerprint density at radius 1 is 1.31 bits per heavy atom. The zero-order chi connectivity index (χ0) is 19.9. The van der Waals surface area contributed by atoms with Gasteiger partial charge in [-0.1, -0.05) is 31.5 Å². The Morgan fingerprint density at radius 2 is 2.10 bits per heavy atom. The minimum absolute atomic E-state index is 0. The molecule has 3 atom stereocenters. The topological polar surface area (TPSA) is 71.3 Å². The molecule has 1 aliphatic rings. The Labute approximate surface area is 193 Å². The van der Waals surface area contributed by atoms with Gasteiger partial charge in [0.15, 0.2) is 5.96 Å². The zero-order valence-electron chi connectivity index (χ0n) is 17.4. The Bertz CT molecular complexity index is 838. The van der Waals surface area contributed by atoms with E-state index in [1.807, 2.05) is 42.9 Å². The fourth-order valence-electron chi connectivity index (χ4n) is 3.75. The van der Waals surface area contributed by atoms with Crippen LogP contribution in [0.15, 0.2) is 41.5 Å². The highest BCUT2D eigenvalue weighted by molar-refractivity contribution is 14.0. The number of nitrogens with one attached hydrogen (secondary N) is 2. The van der Waals surface area contributed by atoms with E-state index in [-0.39, 0.29) is 24.0 Å². The van der Waals surface area contributed by atoms with Gasteiger partial charge < -0.3 is 10.6 Å². The molecule has 29 heavy (non-hydrogen) atoms. The fraction of sp³-hybridized carbons (Fsp3) is 0.524. The zero-order valence-corrected chi connectivity index (χ0v) is 20.6. The van der Waals surface area contributed by atoms with Crippen LogP contribution in [-0.4, -0.2) is 44.0 Å². The van der Waals surface area contributed by atoms with E-state index < -0.39 is 10.8 Å². The van der Waals surface area contributed by atoms with Crippen molar-refractivity contribution in [2.75, 3.05) is 12.8 Å². The van der Waals surface area contributed by atoms with Gasteiger partial charge in [-0.25, -0.2) is 4.68 Å². The minimum Gasteiger partial charge on any atom is -0.354 e. The molecule has 1 aromatic heterocycles. The summed E-state index contributed by atoms with van der Waals surface area (Å²) in [6.45, 7) is 4.66. The molecule has 3 rings (SSSR count). The van der Waals surface area contributed by atoms with E-state index >= 15 is 0 Å². The summed E-state index contributed by atoms with van der Waals surface area (Å²) in [5.41, 5.74) is 3.22. The van der Waals surface area contributed by atoms with Crippen LogP contribution >= 0.6 is 24.0 Å². The van der Waals surface area contributed by atoms with Crippen molar-refractivity contribution in [1.29, 1.82) is 0 Å². The highest BCUT2D eigenvalue weighted by Gasteiger charge is 2.26. The third kappa shape index (κ3) is 6.53. The first-order valence-corrected chi connectivity index (χ1v) is 11.4. The molecule has 0 spiro atoms. The van der Waals surface area contributed by atoms with E-state index in [1.165, 1.54) is 0 Å². The molecule has 0 bridgehead atoms. The van der Waals surface area contributed by atoms with Crippen molar-refractivity contribution in [3.05, 3.63) is 47.8 Å². The van der Waals surface area contributed by atoms with Crippen LogP contribution in [0.5, 0.6) is 0 Å². The molecule has 0 saturated heterocycles. The summed E-state index contributed by atoms with van der Waals surface area (Å²) in [5.74, 6) is 1.54. The number of aryl methyl sites for hydroxylation is 1. The van der Waals surface area contributed by atoms with E-state index in [9.17, 15) is 4.21 Å². The summed E-state index contributed by atoms with van der Waals surface area (Å²) >= 11 is 0.